The van der Waals surface area contributed by atoms with E-state index in [1.165, 1.54) is 0 Å². The summed E-state index contributed by atoms with van der Waals surface area (Å²) in [6.45, 7) is 2.89. The zero-order valence-electron chi connectivity index (χ0n) is 11.6. The van der Waals surface area contributed by atoms with Gasteiger partial charge in [-0.05, 0) is 31.1 Å². The van der Waals surface area contributed by atoms with Crippen molar-refractivity contribution in [3.8, 4) is 0 Å². The van der Waals surface area contributed by atoms with E-state index in [0.717, 1.165) is 12.8 Å². The van der Waals surface area contributed by atoms with Gasteiger partial charge in [0, 0.05) is 39.3 Å². The van der Waals surface area contributed by atoms with Crippen molar-refractivity contribution in [1.29, 1.82) is 0 Å². The third-order valence-electron chi connectivity index (χ3n) is 4.93. The molecule has 3 fully saturated rings. The van der Waals surface area contributed by atoms with Gasteiger partial charge in [0.05, 0.1) is 5.25 Å². The van der Waals surface area contributed by atoms with Gasteiger partial charge in [0.2, 0.25) is 15.9 Å². The molecule has 3 saturated heterocycles. The van der Waals surface area contributed by atoms with E-state index < -0.39 is 10.0 Å². The molecule has 0 aromatic heterocycles. The Bertz CT molecular complexity index is 477. The van der Waals surface area contributed by atoms with Gasteiger partial charge in [0.15, 0.2) is 0 Å². The molecule has 6 nitrogen and oxygen atoms in total. The standard InChI is InChI=1S/C13H22N2O4S/c16-12-9-13(10-14-12)3-5-15(6-4-13)20(17,18)11-1-7-19-8-2-11/h11H,1-10H2,(H,14,16). The maximum atomic E-state index is 12.6. The molecule has 1 N–H and O–H groups in total. The fourth-order valence-corrected chi connectivity index (χ4v) is 5.41. The number of carbonyl (C=O) groups is 1. The Labute approximate surface area is 119 Å². The summed E-state index contributed by atoms with van der Waals surface area (Å²) in [5.41, 5.74) is -0.00121. The average molecular weight is 302 g/mol. The second-order valence-corrected chi connectivity index (χ2v) is 8.42. The van der Waals surface area contributed by atoms with Crippen LogP contribution in [-0.2, 0) is 19.6 Å². The number of ether oxygens (including phenoxy) is 1. The summed E-state index contributed by atoms with van der Waals surface area (Å²) >= 11 is 0. The summed E-state index contributed by atoms with van der Waals surface area (Å²) in [6, 6.07) is 0. The van der Waals surface area contributed by atoms with Gasteiger partial charge in [-0.2, -0.15) is 0 Å². The minimum Gasteiger partial charge on any atom is -0.381 e. The summed E-state index contributed by atoms with van der Waals surface area (Å²) in [5.74, 6) is 0.103. The predicted molar refractivity (Wildman–Crippen MR) is 73.6 cm³/mol. The van der Waals surface area contributed by atoms with Gasteiger partial charge in [0.1, 0.15) is 0 Å². The Balaban J connectivity index is 1.64. The van der Waals surface area contributed by atoms with Crippen LogP contribution in [0.25, 0.3) is 0 Å². The summed E-state index contributed by atoms with van der Waals surface area (Å²) in [7, 11) is -3.20. The summed E-state index contributed by atoms with van der Waals surface area (Å²) < 4.78 is 32.1. The minimum absolute atomic E-state index is 0.00121. The van der Waals surface area contributed by atoms with Crippen molar-refractivity contribution in [2.24, 2.45) is 5.41 Å². The molecule has 7 heteroatoms. The minimum atomic E-state index is -3.20. The van der Waals surface area contributed by atoms with Crippen molar-refractivity contribution in [2.45, 2.75) is 37.4 Å². The Morgan fingerprint density at radius 1 is 1.20 bits per heavy atom. The molecule has 3 rings (SSSR count). The van der Waals surface area contributed by atoms with Gasteiger partial charge in [-0.25, -0.2) is 12.7 Å². The second-order valence-electron chi connectivity index (χ2n) is 6.21. The quantitative estimate of drug-likeness (QED) is 0.785. The first-order valence-electron chi connectivity index (χ1n) is 7.35. The van der Waals surface area contributed by atoms with Gasteiger partial charge in [-0.15, -0.1) is 0 Å². The highest BCUT2D eigenvalue weighted by atomic mass is 32.2. The van der Waals surface area contributed by atoms with Crippen molar-refractivity contribution in [2.75, 3.05) is 32.8 Å². The third kappa shape index (κ3) is 2.58. The number of hydrogen-bond donors (Lipinski definition) is 1. The third-order valence-corrected chi connectivity index (χ3v) is 7.33. The second kappa shape index (κ2) is 5.27. The molecule has 0 atom stereocenters. The van der Waals surface area contributed by atoms with Crippen LogP contribution in [0.5, 0.6) is 0 Å². The van der Waals surface area contributed by atoms with E-state index in [9.17, 15) is 13.2 Å². The van der Waals surface area contributed by atoms with Crippen LogP contribution in [0.3, 0.4) is 0 Å². The number of piperidine rings is 1. The Morgan fingerprint density at radius 2 is 1.85 bits per heavy atom. The maximum absolute atomic E-state index is 12.6. The van der Waals surface area contributed by atoms with Crippen LogP contribution in [0, 0.1) is 5.41 Å². The number of nitrogens with one attached hydrogen (secondary N) is 1. The summed E-state index contributed by atoms with van der Waals surface area (Å²) in [5, 5.41) is 2.59. The zero-order valence-corrected chi connectivity index (χ0v) is 12.5. The lowest BCUT2D eigenvalue weighted by molar-refractivity contribution is -0.119. The lowest BCUT2D eigenvalue weighted by Crippen LogP contribution is -2.48. The van der Waals surface area contributed by atoms with Crippen LogP contribution in [0.15, 0.2) is 0 Å². The van der Waals surface area contributed by atoms with Crippen LogP contribution >= 0.6 is 0 Å². The molecule has 0 aromatic rings. The van der Waals surface area contributed by atoms with Crippen molar-refractivity contribution in [3.63, 3.8) is 0 Å². The fourth-order valence-electron chi connectivity index (χ4n) is 3.50. The van der Waals surface area contributed by atoms with E-state index in [1.54, 1.807) is 4.31 Å². The van der Waals surface area contributed by atoms with Crippen LogP contribution in [0.1, 0.15) is 32.1 Å². The lowest BCUT2D eigenvalue weighted by Gasteiger charge is -2.39. The predicted octanol–water partition coefficient (Wildman–Crippen LogP) is 0.0973. The maximum Gasteiger partial charge on any atom is 0.220 e. The van der Waals surface area contributed by atoms with E-state index >= 15 is 0 Å². The lowest BCUT2D eigenvalue weighted by atomic mass is 9.78. The zero-order chi connectivity index (χ0) is 14.2. The molecule has 20 heavy (non-hydrogen) atoms. The normalized spacial score (nSPS) is 28.7. The smallest absolute Gasteiger partial charge is 0.220 e. The molecule has 0 bridgehead atoms. The van der Waals surface area contributed by atoms with E-state index in [-0.39, 0.29) is 16.6 Å². The number of carbonyl (C=O) groups excluding carboxylic acids is 1. The highest BCUT2D eigenvalue weighted by Crippen LogP contribution is 2.38. The van der Waals surface area contributed by atoms with E-state index in [1.807, 2.05) is 0 Å². The number of amides is 1. The highest BCUT2D eigenvalue weighted by molar-refractivity contribution is 7.89. The van der Waals surface area contributed by atoms with Crippen LogP contribution in [0.2, 0.25) is 0 Å². The van der Waals surface area contributed by atoms with Gasteiger partial charge >= 0.3 is 0 Å². The molecule has 3 aliphatic heterocycles. The molecule has 0 aromatic carbocycles. The Morgan fingerprint density at radius 3 is 2.40 bits per heavy atom. The largest absolute Gasteiger partial charge is 0.381 e. The van der Waals surface area contributed by atoms with Crippen LogP contribution in [0.4, 0.5) is 0 Å². The molecule has 0 radical (unpaired) electrons. The van der Waals surface area contributed by atoms with Gasteiger partial charge in [0.25, 0.3) is 0 Å². The molecule has 3 aliphatic rings. The van der Waals surface area contributed by atoms with Gasteiger partial charge in [-0.3, -0.25) is 4.79 Å². The van der Waals surface area contributed by atoms with Crippen molar-refractivity contribution < 1.29 is 17.9 Å². The van der Waals surface area contributed by atoms with Gasteiger partial charge in [-0.1, -0.05) is 0 Å². The highest BCUT2D eigenvalue weighted by Gasteiger charge is 2.44. The molecule has 1 amide bonds. The summed E-state index contributed by atoms with van der Waals surface area (Å²) in [4.78, 5) is 11.4. The molecule has 0 aliphatic carbocycles. The van der Waals surface area contributed by atoms with Crippen molar-refractivity contribution >= 4 is 15.9 Å². The molecule has 0 saturated carbocycles. The van der Waals surface area contributed by atoms with Crippen molar-refractivity contribution in [1.82, 2.24) is 9.62 Å². The Kier molecular flexibility index (Phi) is 3.77. The van der Waals surface area contributed by atoms with Crippen molar-refractivity contribution in [3.05, 3.63) is 0 Å². The molecule has 0 unspecified atom stereocenters. The first kappa shape index (κ1) is 14.3. The first-order valence-corrected chi connectivity index (χ1v) is 8.86. The van der Waals surface area contributed by atoms with E-state index in [2.05, 4.69) is 5.32 Å². The van der Waals surface area contributed by atoms with Crippen LogP contribution in [-0.4, -0.2) is 56.7 Å². The fraction of sp³-hybridized carbons (Fsp3) is 0.923. The molecule has 1 spiro atoms. The first-order chi connectivity index (χ1) is 9.52. The molecule has 114 valence electrons. The SMILES string of the molecule is O=C1CC2(CCN(S(=O)(=O)C3CCOCC3)CC2)CN1. The number of rotatable bonds is 2. The molecule has 3 heterocycles. The summed E-state index contributed by atoms with van der Waals surface area (Å²) in [6.07, 6.45) is 3.33. The Hall–Kier alpha value is -0.660. The van der Waals surface area contributed by atoms with E-state index in [0.29, 0.717) is 52.1 Å². The number of nitrogens with zero attached hydrogens (tertiary/aromatic N) is 1. The monoisotopic (exact) mass is 302 g/mol. The molecular weight excluding hydrogens is 280 g/mol. The number of sulfonamides is 1. The van der Waals surface area contributed by atoms with E-state index in [4.69, 9.17) is 4.74 Å². The average Bonchev–Trinajstić information content (AvgIpc) is 2.81. The molecular formula is C13H22N2O4S. The number of hydrogen-bond acceptors (Lipinski definition) is 4. The van der Waals surface area contributed by atoms with Gasteiger partial charge < -0.3 is 10.1 Å². The topological polar surface area (TPSA) is 75.7 Å². The van der Waals surface area contributed by atoms with Crippen LogP contribution < -0.4 is 5.32 Å².